The zero-order chi connectivity index (χ0) is 29.6. The third kappa shape index (κ3) is 10.8. The largest absolute Gasteiger partial charge is 0.504 e. The standard InChI is InChI=1S/C33H42N2O6/c1-23(36)40-28(14-10-5-4-7-11-25-12-8-6-9-13-25)21-29(41-24(2)37)16-15-26-19-32(39-3)31(38)22-30(26)27-17-18-35-33(34)20-27/h6,8-9,12-13,17-20,22,28-29,38H,4-5,7,10-11,14-16,21H2,1-3H3,(H2,34,35)/t28-,29+/m0/s1. The molecule has 0 spiro atoms. The van der Waals surface area contributed by atoms with Crippen LogP contribution in [0.15, 0.2) is 60.8 Å². The number of nitrogens with zero attached hydrogens (tertiary/aromatic N) is 1. The number of aromatic nitrogens is 1. The summed E-state index contributed by atoms with van der Waals surface area (Å²) in [5.74, 6) is -0.00745. The van der Waals surface area contributed by atoms with Crippen molar-refractivity contribution in [3.8, 4) is 22.6 Å². The number of benzene rings is 2. The molecule has 0 fully saturated rings. The number of methoxy groups -OCH3 is 1. The first-order valence-corrected chi connectivity index (χ1v) is 14.2. The number of aromatic hydroxyl groups is 1. The summed E-state index contributed by atoms with van der Waals surface area (Å²) in [6.07, 6.45) is 8.17. The van der Waals surface area contributed by atoms with E-state index in [0.717, 1.165) is 48.8 Å². The molecule has 220 valence electrons. The van der Waals surface area contributed by atoms with Crippen molar-refractivity contribution in [1.29, 1.82) is 0 Å². The van der Waals surface area contributed by atoms with Crippen LogP contribution < -0.4 is 10.5 Å². The zero-order valence-corrected chi connectivity index (χ0v) is 24.3. The van der Waals surface area contributed by atoms with Gasteiger partial charge in [-0.3, -0.25) is 9.59 Å². The highest BCUT2D eigenvalue weighted by atomic mass is 16.6. The Balaban J connectivity index is 1.65. The van der Waals surface area contributed by atoms with Crippen LogP contribution in [0.2, 0.25) is 0 Å². The van der Waals surface area contributed by atoms with E-state index >= 15 is 0 Å². The molecule has 2 atom stereocenters. The van der Waals surface area contributed by atoms with Crippen molar-refractivity contribution >= 4 is 17.8 Å². The molecule has 1 heterocycles. The summed E-state index contributed by atoms with van der Waals surface area (Å²) in [7, 11) is 1.50. The van der Waals surface area contributed by atoms with E-state index in [1.54, 1.807) is 24.4 Å². The second-order valence-electron chi connectivity index (χ2n) is 10.3. The average molecular weight is 563 g/mol. The molecule has 41 heavy (non-hydrogen) atoms. The number of hydrogen-bond acceptors (Lipinski definition) is 8. The number of ether oxygens (including phenoxy) is 3. The Morgan fingerprint density at radius 3 is 2.22 bits per heavy atom. The van der Waals surface area contributed by atoms with Crippen LogP contribution in [-0.2, 0) is 31.9 Å². The molecule has 3 N–H and O–H groups in total. The molecule has 0 saturated heterocycles. The monoisotopic (exact) mass is 562 g/mol. The second kappa shape index (κ2) is 16.3. The number of carbonyl (C=O) groups excluding carboxylic acids is 2. The van der Waals surface area contributed by atoms with Gasteiger partial charge in [-0.25, -0.2) is 4.98 Å². The molecule has 0 aliphatic rings. The zero-order valence-electron chi connectivity index (χ0n) is 24.3. The summed E-state index contributed by atoms with van der Waals surface area (Å²) in [6.45, 7) is 2.79. The molecule has 1 aromatic heterocycles. The Labute approximate surface area is 242 Å². The van der Waals surface area contributed by atoms with E-state index in [0.29, 0.717) is 37.3 Å². The van der Waals surface area contributed by atoms with E-state index in [1.807, 2.05) is 12.1 Å². The Morgan fingerprint density at radius 2 is 1.56 bits per heavy atom. The maximum Gasteiger partial charge on any atom is 0.302 e. The molecule has 2 aromatic carbocycles. The minimum absolute atomic E-state index is 0.0110. The normalized spacial score (nSPS) is 12.4. The summed E-state index contributed by atoms with van der Waals surface area (Å²) >= 11 is 0. The van der Waals surface area contributed by atoms with Crippen LogP contribution in [0.3, 0.4) is 0 Å². The van der Waals surface area contributed by atoms with E-state index in [4.69, 9.17) is 19.9 Å². The summed E-state index contributed by atoms with van der Waals surface area (Å²) in [4.78, 5) is 27.9. The van der Waals surface area contributed by atoms with Crippen LogP contribution in [0.5, 0.6) is 11.5 Å². The Kier molecular flexibility index (Phi) is 12.5. The van der Waals surface area contributed by atoms with Crippen LogP contribution in [-0.4, -0.2) is 41.3 Å². The van der Waals surface area contributed by atoms with Crippen molar-refractivity contribution in [2.75, 3.05) is 12.8 Å². The predicted octanol–water partition coefficient (Wildman–Crippen LogP) is 6.42. The molecule has 8 nitrogen and oxygen atoms in total. The van der Waals surface area contributed by atoms with Gasteiger partial charge in [-0.15, -0.1) is 0 Å². The van der Waals surface area contributed by atoms with Gasteiger partial charge in [0.05, 0.1) is 7.11 Å². The van der Waals surface area contributed by atoms with Gasteiger partial charge in [0.1, 0.15) is 18.0 Å². The van der Waals surface area contributed by atoms with Crippen molar-refractivity contribution < 1.29 is 28.9 Å². The lowest BCUT2D eigenvalue weighted by Crippen LogP contribution is -2.27. The lowest BCUT2D eigenvalue weighted by Gasteiger charge is -2.24. The lowest BCUT2D eigenvalue weighted by molar-refractivity contribution is -0.153. The Hall–Kier alpha value is -4.07. The smallest absolute Gasteiger partial charge is 0.302 e. The topological polar surface area (TPSA) is 121 Å². The van der Waals surface area contributed by atoms with Gasteiger partial charge in [0, 0.05) is 26.5 Å². The number of esters is 2. The third-order valence-electron chi connectivity index (χ3n) is 7.01. The van der Waals surface area contributed by atoms with Gasteiger partial charge in [-0.2, -0.15) is 0 Å². The van der Waals surface area contributed by atoms with Crippen molar-refractivity contribution in [2.45, 2.75) is 83.8 Å². The summed E-state index contributed by atoms with van der Waals surface area (Å²) in [6, 6.07) is 17.4. The third-order valence-corrected chi connectivity index (χ3v) is 7.01. The van der Waals surface area contributed by atoms with Crippen LogP contribution in [0, 0.1) is 0 Å². The molecule has 0 amide bonds. The van der Waals surface area contributed by atoms with Crippen LogP contribution >= 0.6 is 0 Å². The number of phenols is 1. The number of pyridine rings is 1. The molecule has 3 aromatic rings. The minimum atomic E-state index is -0.454. The van der Waals surface area contributed by atoms with Crippen molar-refractivity contribution in [3.05, 3.63) is 71.9 Å². The summed E-state index contributed by atoms with van der Waals surface area (Å²) in [5.41, 5.74) is 9.73. The number of carbonyl (C=O) groups is 2. The number of anilines is 1. The SMILES string of the molecule is COc1cc(CC[C@H](C[C@H](CCCCCCc2ccccc2)OC(C)=O)OC(C)=O)c(-c2ccnc(N)c2)cc1O. The molecule has 0 unspecified atom stereocenters. The summed E-state index contributed by atoms with van der Waals surface area (Å²) < 4.78 is 16.7. The van der Waals surface area contributed by atoms with Crippen molar-refractivity contribution in [3.63, 3.8) is 0 Å². The van der Waals surface area contributed by atoms with Gasteiger partial charge in [0.2, 0.25) is 0 Å². The molecule has 0 saturated carbocycles. The van der Waals surface area contributed by atoms with E-state index in [1.165, 1.54) is 26.5 Å². The number of phenolic OH excluding ortho intramolecular Hbond substituents is 1. The maximum atomic E-state index is 12.0. The first-order valence-electron chi connectivity index (χ1n) is 14.2. The highest BCUT2D eigenvalue weighted by Crippen LogP contribution is 2.36. The number of rotatable bonds is 16. The number of hydrogen-bond donors (Lipinski definition) is 2. The molecule has 0 bridgehead atoms. The van der Waals surface area contributed by atoms with Gasteiger partial charge in [0.25, 0.3) is 0 Å². The Morgan fingerprint density at radius 1 is 0.878 bits per heavy atom. The van der Waals surface area contributed by atoms with Crippen molar-refractivity contribution in [1.82, 2.24) is 4.98 Å². The van der Waals surface area contributed by atoms with Crippen molar-refractivity contribution in [2.24, 2.45) is 0 Å². The first kappa shape index (κ1) is 31.5. The number of nitrogens with two attached hydrogens (primary N) is 1. The molecular weight excluding hydrogens is 520 g/mol. The molecular formula is C33H42N2O6. The number of unbranched alkanes of at least 4 members (excludes halogenated alkanes) is 3. The fourth-order valence-corrected chi connectivity index (χ4v) is 5.09. The molecule has 8 heteroatoms. The fourth-order valence-electron chi connectivity index (χ4n) is 5.09. The van der Waals surface area contributed by atoms with E-state index in [2.05, 4.69) is 29.2 Å². The highest BCUT2D eigenvalue weighted by Gasteiger charge is 2.22. The minimum Gasteiger partial charge on any atom is -0.504 e. The van der Waals surface area contributed by atoms with Crippen LogP contribution in [0.25, 0.3) is 11.1 Å². The molecule has 3 rings (SSSR count). The molecule has 0 aliphatic heterocycles. The van der Waals surface area contributed by atoms with E-state index in [-0.39, 0.29) is 23.8 Å². The van der Waals surface area contributed by atoms with Crippen LogP contribution in [0.1, 0.15) is 69.9 Å². The average Bonchev–Trinajstić information content (AvgIpc) is 2.93. The van der Waals surface area contributed by atoms with Gasteiger partial charge in [-0.05, 0) is 85.0 Å². The van der Waals surface area contributed by atoms with E-state index < -0.39 is 6.10 Å². The highest BCUT2D eigenvalue weighted by molar-refractivity contribution is 5.72. The first-order chi connectivity index (χ1) is 19.7. The number of aryl methyl sites for hydroxylation is 2. The predicted molar refractivity (Wildman–Crippen MR) is 160 cm³/mol. The quantitative estimate of drug-likeness (QED) is 0.151. The number of nitrogen functional groups attached to an aromatic ring is 1. The molecule has 0 radical (unpaired) electrons. The summed E-state index contributed by atoms with van der Waals surface area (Å²) in [5, 5.41) is 10.5. The fraction of sp³-hybridized carbons (Fsp3) is 0.424. The maximum absolute atomic E-state index is 12.0. The molecule has 0 aliphatic carbocycles. The van der Waals surface area contributed by atoms with Gasteiger partial charge in [-0.1, -0.05) is 43.2 Å². The lowest BCUT2D eigenvalue weighted by atomic mass is 9.93. The van der Waals surface area contributed by atoms with E-state index in [9.17, 15) is 14.7 Å². The van der Waals surface area contributed by atoms with Gasteiger partial charge >= 0.3 is 11.9 Å². The van der Waals surface area contributed by atoms with Crippen LogP contribution in [0.4, 0.5) is 5.82 Å². The second-order valence-corrected chi connectivity index (χ2v) is 10.3. The van der Waals surface area contributed by atoms with Gasteiger partial charge < -0.3 is 25.1 Å². The Bertz CT molecular complexity index is 1260. The van der Waals surface area contributed by atoms with Gasteiger partial charge in [0.15, 0.2) is 11.5 Å².